The van der Waals surface area contributed by atoms with Gasteiger partial charge in [-0.15, -0.1) is 0 Å². The molecule has 0 saturated heterocycles. The molecule has 0 aromatic heterocycles. The summed E-state index contributed by atoms with van der Waals surface area (Å²) in [5.41, 5.74) is 0. The predicted molar refractivity (Wildman–Crippen MR) is 274 cm³/mol. The van der Waals surface area contributed by atoms with Gasteiger partial charge in [-0.3, -0.25) is 9.36 Å². The van der Waals surface area contributed by atoms with E-state index in [-0.39, 0.29) is 19.1 Å². The molecule has 64 heavy (non-hydrogen) atoms. The number of aliphatic hydroxyl groups excluding tert-OH is 1. The highest BCUT2D eigenvalue weighted by atomic mass is 31.2. The van der Waals surface area contributed by atoms with Crippen LogP contribution in [0, 0.1) is 0 Å². The molecule has 376 valence electrons. The fourth-order valence-electron chi connectivity index (χ4n) is 7.75. The van der Waals surface area contributed by atoms with Crippen molar-refractivity contribution in [3.05, 3.63) is 48.6 Å². The van der Waals surface area contributed by atoms with Crippen LogP contribution < -0.4 is 10.2 Å². The van der Waals surface area contributed by atoms with E-state index >= 15 is 0 Å². The van der Waals surface area contributed by atoms with Crippen LogP contribution in [0.3, 0.4) is 0 Å². The summed E-state index contributed by atoms with van der Waals surface area (Å²) in [7, 11) is 1.26. The molecule has 0 fully saturated rings. The Bertz CT molecular complexity index is 1180. The molecule has 1 amide bonds. The number of nitrogens with one attached hydrogen (secondary N) is 1. The molecule has 3 atom stereocenters. The Balaban J connectivity index is 3.95. The van der Waals surface area contributed by atoms with E-state index < -0.39 is 20.0 Å². The van der Waals surface area contributed by atoms with Crippen molar-refractivity contribution in [1.29, 1.82) is 0 Å². The molecule has 0 rings (SSSR count). The van der Waals surface area contributed by atoms with Gasteiger partial charge in [0.1, 0.15) is 13.2 Å². The first-order valence-corrected chi connectivity index (χ1v) is 28.5. The van der Waals surface area contributed by atoms with Crippen LogP contribution in [0.15, 0.2) is 48.6 Å². The number of carbonyl (C=O) groups excluding carboxylic acids is 1. The van der Waals surface area contributed by atoms with E-state index in [1.165, 1.54) is 173 Å². The van der Waals surface area contributed by atoms with E-state index in [2.05, 4.69) is 55.6 Å². The lowest BCUT2D eigenvalue weighted by atomic mass is 10.0. The van der Waals surface area contributed by atoms with Crippen LogP contribution in [-0.2, 0) is 18.4 Å². The Hall–Kier alpha value is -1.54. The van der Waals surface area contributed by atoms with Gasteiger partial charge >= 0.3 is 0 Å². The second kappa shape index (κ2) is 46.6. The third-order valence-electron chi connectivity index (χ3n) is 12.0. The van der Waals surface area contributed by atoms with Gasteiger partial charge in [0.05, 0.1) is 39.9 Å². The summed E-state index contributed by atoms with van der Waals surface area (Å²) in [6.45, 7) is 4.61. The van der Waals surface area contributed by atoms with E-state index in [1.807, 2.05) is 27.2 Å². The molecule has 0 spiro atoms. The highest BCUT2D eigenvalue weighted by Crippen LogP contribution is 2.38. The lowest BCUT2D eigenvalue weighted by molar-refractivity contribution is -0.870. The number of carbonyl (C=O) groups is 1. The second-order valence-corrected chi connectivity index (χ2v) is 21.0. The molecule has 0 aliphatic carbocycles. The minimum absolute atomic E-state index is 0.000975. The second-order valence-electron chi connectivity index (χ2n) is 19.6. The minimum Gasteiger partial charge on any atom is -0.756 e. The quantitative estimate of drug-likeness (QED) is 0.0272. The SMILES string of the molecule is CCCCCCC/C=C\C/C=C\C/C=C\CCCCCCCCCCCCCCCCCCCCC(=O)NC(COP(=O)([O-])OCC[N+](C)(C)C)C(O)/C=C/CCCCCCCCC. The van der Waals surface area contributed by atoms with Gasteiger partial charge in [0.2, 0.25) is 5.91 Å². The molecule has 0 saturated carbocycles. The predicted octanol–water partition coefficient (Wildman–Crippen LogP) is 15.3. The van der Waals surface area contributed by atoms with Crippen LogP contribution in [0.4, 0.5) is 0 Å². The fourth-order valence-corrected chi connectivity index (χ4v) is 8.47. The molecule has 0 aromatic carbocycles. The number of nitrogens with zero attached hydrogens (tertiary/aromatic N) is 1. The largest absolute Gasteiger partial charge is 0.756 e. The Morgan fingerprint density at radius 2 is 0.906 bits per heavy atom. The van der Waals surface area contributed by atoms with Crippen LogP contribution in [0.25, 0.3) is 0 Å². The number of rotatable bonds is 49. The molecular weight excluding hydrogens is 816 g/mol. The molecule has 8 nitrogen and oxygen atoms in total. The number of hydrogen-bond donors (Lipinski definition) is 2. The Morgan fingerprint density at radius 1 is 0.547 bits per heavy atom. The number of amides is 1. The number of unbranched alkanes of at least 4 members (excludes halogenated alkanes) is 30. The van der Waals surface area contributed by atoms with Crippen LogP contribution in [0.5, 0.6) is 0 Å². The minimum atomic E-state index is -4.58. The summed E-state index contributed by atoms with van der Waals surface area (Å²) in [4.78, 5) is 25.3. The number of likely N-dealkylation sites (N-methyl/N-ethyl adjacent to an activating group) is 1. The van der Waals surface area contributed by atoms with Gasteiger partial charge < -0.3 is 28.8 Å². The number of hydrogen-bond acceptors (Lipinski definition) is 6. The molecule has 0 aliphatic heterocycles. The normalized spacial score (nSPS) is 14.4. The van der Waals surface area contributed by atoms with Crippen molar-refractivity contribution in [3.8, 4) is 0 Å². The van der Waals surface area contributed by atoms with E-state index in [1.54, 1.807) is 6.08 Å². The summed E-state index contributed by atoms with van der Waals surface area (Å²) >= 11 is 0. The van der Waals surface area contributed by atoms with E-state index in [9.17, 15) is 19.4 Å². The van der Waals surface area contributed by atoms with E-state index in [4.69, 9.17) is 9.05 Å². The van der Waals surface area contributed by atoms with Crippen molar-refractivity contribution in [2.75, 3.05) is 40.9 Å². The number of allylic oxidation sites excluding steroid dienone is 7. The molecule has 0 aliphatic rings. The van der Waals surface area contributed by atoms with Crippen LogP contribution >= 0.6 is 7.82 Å². The van der Waals surface area contributed by atoms with Gasteiger partial charge in [0, 0.05) is 6.42 Å². The summed E-state index contributed by atoms with van der Waals surface area (Å²) in [6, 6.07) is -0.883. The molecular formula is C55H105N2O6P. The zero-order valence-electron chi connectivity index (χ0n) is 42.7. The van der Waals surface area contributed by atoms with Crippen molar-refractivity contribution in [2.24, 2.45) is 0 Å². The standard InChI is InChI=1S/C55H105N2O6P/c1-6-8-10-12-14-16-17-18-19-20-21-22-23-24-25-26-27-28-29-30-31-32-33-34-35-36-37-38-39-41-43-45-47-49-55(59)56-53(52-63-64(60,61)62-51-50-57(3,4)5)54(58)48-46-44-42-40-15-13-11-9-7-2/h17-18,20-21,23-24,46,48,53-54,58H,6-16,19,22,25-45,47,49-52H2,1-5H3,(H-,56,59,60,61)/b18-17-,21-20-,24-23-,48-46+. The summed E-state index contributed by atoms with van der Waals surface area (Å²) in [5, 5.41) is 13.7. The zero-order valence-corrected chi connectivity index (χ0v) is 43.6. The Morgan fingerprint density at radius 3 is 1.31 bits per heavy atom. The lowest BCUT2D eigenvalue weighted by Gasteiger charge is -2.29. The molecule has 2 N–H and O–H groups in total. The first-order valence-electron chi connectivity index (χ1n) is 27.0. The first-order chi connectivity index (χ1) is 31.0. The number of phosphoric ester groups is 1. The molecule has 0 radical (unpaired) electrons. The molecule has 0 heterocycles. The molecule has 0 bridgehead atoms. The Labute approximate surface area is 397 Å². The van der Waals surface area contributed by atoms with Gasteiger partial charge in [0.25, 0.3) is 7.82 Å². The van der Waals surface area contributed by atoms with Crippen LogP contribution in [-0.4, -0.2) is 68.5 Å². The lowest BCUT2D eigenvalue weighted by Crippen LogP contribution is -2.45. The maximum Gasteiger partial charge on any atom is 0.268 e. The van der Waals surface area contributed by atoms with Gasteiger partial charge in [0.15, 0.2) is 0 Å². The maximum absolute atomic E-state index is 12.9. The third-order valence-corrected chi connectivity index (χ3v) is 13.0. The molecule has 0 aromatic rings. The monoisotopic (exact) mass is 921 g/mol. The van der Waals surface area contributed by atoms with Crippen molar-refractivity contribution >= 4 is 13.7 Å². The fraction of sp³-hybridized carbons (Fsp3) is 0.836. The smallest absolute Gasteiger partial charge is 0.268 e. The highest BCUT2D eigenvalue weighted by molar-refractivity contribution is 7.45. The third kappa shape index (κ3) is 48.4. The average molecular weight is 921 g/mol. The van der Waals surface area contributed by atoms with Gasteiger partial charge in [-0.25, -0.2) is 0 Å². The number of aliphatic hydroxyl groups is 1. The van der Waals surface area contributed by atoms with Crippen molar-refractivity contribution < 1.29 is 32.9 Å². The van der Waals surface area contributed by atoms with E-state index in [0.717, 1.165) is 51.4 Å². The Kier molecular flexibility index (Phi) is 45.4. The zero-order chi connectivity index (χ0) is 47.1. The van der Waals surface area contributed by atoms with Crippen molar-refractivity contribution in [3.63, 3.8) is 0 Å². The summed E-state index contributed by atoms with van der Waals surface area (Å²) in [5.74, 6) is -0.199. The van der Waals surface area contributed by atoms with Gasteiger partial charge in [-0.05, 0) is 57.8 Å². The number of quaternary nitrogens is 1. The van der Waals surface area contributed by atoms with Crippen molar-refractivity contribution in [1.82, 2.24) is 5.32 Å². The number of phosphoric acid groups is 1. The van der Waals surface area contributed by atoms with E-state index in [0.29, 0.717) is 17.4 Å². The average Bonchev–Trinajstić information content (AvgIpc) is 3.25. The van der Waals surface area contributed by atoms with Crippen molar-refractivity contribution in [2.45, 2.75) is 257 Å². The topological polar surface area (TPSA) is 108 Å². The first kappa shape index (κ1) is 62.5. The summed E-state index contributed by atoms with van der Waals surface area (Å²) < 4.78 is 23.2. The maximum atomic E-state index is 12.9. The molecule has 3 unspecified atom stereocenters. The van der Waals surface area contributed by atoms with Crippen LogP contribution in [0.2, 0.25) is 0 Å². The molecule has 9 heteroatoms. The highest BCUT2D eigenvalue weighted by Gasteiger charge is 2.23. The van der Waals surface area contributed by atoms with Crippen LogP contribution in [0.1, 0.15) is 245 Å². The van der Waals surface area contributed by atoms with Gasteiger partial charge in [-0.2, -0.15) is 0 Å². The van der Waals surface area contributed by atoms with Gasteiger partial charge in [-0.1, -0.05) is 229 Å². The summed E-state index contributed by atoms with van der Waals surface area (Å²) in [6.07, 6.45) is 60.6.